The average Bonchev–Trinajstić information content (AvgIpc) is 2.40. The molecule has 1 aliphatic heterocycles. The number of ether oxygens (including phenoxy) is 3. The van der Waals surface area contributed by atoms with E-state index in [4.69, 9.17) is 21.1 Å². The first-order valence-corrected chi connectivity index (χ1v) is 5.96. The Morgan fingerprint density at radius 2 is 2.11 bits per heavy atom. The second-order valence-corrected chi connectivity index (χ2v) is 4.04. The largest absolute Gasteiger partial charge is 0.506 e. The minimum atomic E-state index is -1.06. The van der Waals surface area contributed by atoms with Gasteiger partial charge in [-0.3, -0.25) is 4.79 Å². The Labute approximate surface area is 113 Å². The van der Waals surface area contributed by atoms with Gasteiger partial charge in [-0.25, -0.2) is 4.79 Å². The Balaban J connectivity index is 2.52. The second-order valence-electron chi connectivity index (χ2n) is 3.66. The predicted octanol–water partition coefficient (Wildman–Crippen LogP) is 1.56. The number of ketones is 1. The van der Waals surface area contributed by atoms with Crippen molar-refractivity contribution in [2.75, 3.05) is 19.8 Å². The third-order valence-electron chi connectivity index (χ3n) is 2.44. The molecule has 102 valence electrons. The number of carbonyl (C=O) groups excluding carboxylic acids is 2. The maximum Gasteiger partial charge on any atom is 0.379 e. The minimum Gasteiger partial charge on any atom is -0.506 e. The molecule has 6 nitrogen and oxygen atoms in total. The average molecular weight is 287 g/mol. The molecule has 0 radical (unpaired) electrons. The number of fused-ring (bicyclic) bond motifs is 1. The highest BCUT2D eigenvalue weighted by atomic mass is 35.5. The minimum absolute atomic E-state index is 0.0482. The molecule has 1 aromatic carbocycles. The lowest BCUT2D eigenvalue weighted by molar-refractivity contribution is -0.137. The van der Waals surface area contributed by atoms with Gasteiger partial charge in [-0.15, -0.1) is 0 Å². The Morgan fingerprint density at radius 1 is 1.42 bits per heavy atom. The van der Waals surface area contributed by atoms with Crippen molar-refractivity contribution in [1.82, 2.24) is 0 Å². The molecule has 0 fully saturated rings. The van der Waals surface area contributed by atoms with E-state index in [0.29, 0.717) is 0 Å². The van der Waals surface area contributed by atoms with Crippen LogP contribution in [0.2, 0.25) is 5.02 Å². The van der Waals surface area contributed by atoms with E-state index < -0.39 is 11.8 Å². The van der Waals surface area contributed by atoms with Gasteiger partial charge in [0.25, 0.3) is 5.78 Å². The number of Topliss-reactive ketones (excluding diaryl/α,β-unsaturated/α-hetero) is 1. The molecule has 19 heavy (non-hydrogen) atoms. The summed E-state index contributed by atoms with van der Waals surface area (Å²) in [6.45, 7) is 2.13. The van der Waals surface area contributed by atoms with Gasteiger partial charge in [0.1, 0.15) is 19.0 Å². The summed E-state index contributed by atoms with van der Waals surface area (Å²) in [6.07, 6.45) is 0. The van der Waals surface area contributed by atoms with Crippen LogP contribution in [0.5, 0.6) is 17.2 Å². The van der Waals surface area contributed by atoms with E-state index >= 15 is 0 Å². The molecule has 1 aliphatic rings. The lowest BCUT2D eigenvalue weighted by atomic mass is 10.1. The third-order valence-corrected chi connectivity index (χ3v) is 2.82. The van der Waals surface area contributed by atoms with Crippen molar-refractivity contribution in [2.24, 2.45) is 0 Å². The standard InChI is InChI=1S/C12H11ClO6/c1-2-17-12(16)10(15)8-9(13)6(14)5-7-11(8)19-4-3-18-7/h5,14H,2-4H2,1H3. The zero-order valence-electron chi connectivity index (χ0n) is 10.1. The van der Waals surface area contributed by atoms with Gasteiger partial charge >= 0.3 is 5.97 Å². The lowest BCUT2D eigenvalue weighted by Crippen LogP contribution is -2.22. The quantitative estimate of drug-likeness (QED) is 0.516. The van der Waals surface area contributed by atoms with E-state index in [0.717, 1.165) is 0 Å². The Hall–Kier alpha value is -1.95. The molecule has 0 aliphatic carbocycles. The molecule has 0 atom stereocenters. The fourth-order valence-corrected chi connectivity index (χ4v) is 1.88. The van der Waals surface area contributed by atoms with Crippen molar-refractivity contribution in [3.8, 4) is 17.2 Å². The van der Waals surface area contributed by atoms with Crippen LogP contribution >= 0.6 is 11.6 Å². The van der Waals surface area contributed by atoms with E-state index in [9.17, 15) is 14.7 Å². The second kappa shape index (κ2) is 5.36. The molecule has 0 spiro atoms. The van der Waals surface area contributed by atoms with Gasteiger partial charge in [0.2, 0.25) is 0 Å². The lowest BCUT2D eigenvalue weighted by Gasteiger charge is -2.21. The molecule has 0 unspecified atom stereocenters. The van der Waals surface area contributed by atoms with Crippen molar-refractivity contribution in [2.45, 2.75) is 6.92 Å². The highest BCUT2D eigenvalue weighted by Gasteiger charge is 2.31. The molecule has 0 saturated heterocycles. The SMILES string of the molecule is CCOC(=O)C(=O)c1c(Cl)c(O)cc2c1OCCO2. The van der Waals surface area contributed by atoms with Crippen molar-refractivity contribution in [3.63, 3.8) is 0 Å². The monoisotopic (exact) mass is 286 g/mol. The van der Waals surface area contributed by atoms with Crippen LogP contribution in [0.1, 0.15) is 17.3 Å². The number of rotatable bonds is 3. The van der Waals surface area contributed by atoms with Crippen LogP contribution in [-0.4, -0.2) is 36.7 Å². The van der Waals surface area contributed by atoms with E-state index in [1.807, 2.05) is 0 Å². The molecule has 0 bridgehead atoms. The summed E-state index contributed by atoms with van der Waals surface area (Å²) in [5, 5.41) is 9.38. The molecule has 1 heterocycles. The first kappa shape index (κ1) is 13.5. The smallest absolute Gasteiger partial charge is 0.379 e. The fraction of sp³-hybridized carbons (Fsp3) is 0.333. The Bertz CT molecular complexity index is 540. The molecule has 1 aromatic rings. The third kappa shape index (κ3) is 2.44. The molecule has 2 rings (SSSR count). The summed E-state index contributed by atoms with van der Waals surface area (Å²) >= 11 is 5.86. The summed E-state index contributed by atoms with van der Waals surface area (Å²) in [5.41, 5.74) is -0.241. The van der Waals surface area contributed by atoms with Crippen LogP contribution in [-0.2, 0) is 9.53 Å². The number of phenolic OH excluding ortho intramolecular Hbond substituents is 1. The van der Waals surface area contributed by atoms with Crippen LogP contribution in [0.25, 0.3) is 0 Å². The number of halogens is 1. The molecule has 7 heteroatoms. The van der Waals surface area contributed by atoms with E-state index in [1.165, 1.54) is 6.07 Å². The maximum absolute atomic E-state index is 12.0. The van der Waals surface area contributed by atoms with Crippen molar-refractivity contribution < 1.29 is 28.9 Å². The van der Waals surface area contributed by atoms with Gasteiger partial charge in [-0.2, -0.15) is 0 Å². The highest BCUT2D eigenvalue weighted by Crippen LogP contribution is 2.43. The Kier molecular flexibility index (Phi) is 3.80. The first-order chi connectivity index (χ1) is 9.06. The van der Waals surface area contributed by atoms with Crippen molar-refractivity contribution >= 4 is 23.4 Å². The summed E-state index contributed by atoms with van der Waals surface area (Å²) in [4.78, 5) is 23.5. The van der Waals surface area contributed by atoms with Gasteiger partial charge in [-0.1, -0.05) is 11.6 Å². The summed E-state index contributed by atoms with van der Waals surface area (Å²) in [5.74, 6) is -2.19. The van der Waals surface area contributed by atoms with Crippen LogP contribution in [0.3, 0.4) is 0 Å². The maximum atomic E-state index is 12.0. The molecule has 0 saturated carbocycles. The van der Waals surface area contributed by atoms with Crippen LogP contribution in [0, 0.1) is 0 Å². The predicted molar refractivity (Wildman–Crippen MR) is 65.1 cm³/mol. The number of phenols is 1. The van der Waals surface area contributed by atoms with Gasteiger partial charge in [0, 0.05) is 6.07 Å². The number of aromatic hydroxyl groups is 1. The number of hydrogen-bond acceptors (Lipinski definition) is 6. The molecule has 0 amide bonds. The van der Waals surface area contributed by atoms with Gasteiger partial charge < -0.3 is 19.3 Å². The molecular formula is C12H11ClO6. The normalized spacial score (nSPS) is 12.9. The van der Waals surface area contributed by atoms with Gasteiger partial charge in [-0.05, 0) is 6.92 Å². The summed E-state index contributed by atoms with van der Waals surface area (Å²) in [6, 6.07) is 1.23. The molecule has 0 aromatic heterocycles. The number of hydrogen-bond donors (Lipinski definition) is 1. The van der Waals surface area contributed by atoms with Gasteiger partial charge in [0.15, 0.2) is 11.5 Å². The first-order valence-electron chi connectivity index (χ1n) is 5.58. The topological polar surface area (TPSA) is 82.1 Å². The molecule has 1 N–H and O–H groups in total. The fourth-order valence-electron chi connectivity index (χ4n) is 1.65. The summed E-state index contributed by atoms with van der Waals surface area (Å²) in [7, 11) is 0. The van der Waals surface area contributed by atoms with E-state index in [-0.39, 0.29) is 47.7 Å². The summed E-state index contributed by atoms with van der Waals surface area (Å²) < 4.78 is 15.2. The van der Waals surface area contributed by atoms with Crippen molar-refractivity contribution in [3.05, 3.63) is 16.7 Å². The van der Waals surface area contributed by atoms with Crippen LogP contribution < -0.4 is 9.47 Å². The van der Waals surface area contributed by atoms with Crippen LogP contribution in [0.15, 0.2) is 6.07 Å². The number of carbonyl (C=O) groups is 2. The number of esters is 1. The molecular weight excluding hydrogens is 276 g/mol. The zero-order valence-corrected chi connectivity index (χ0v) is 10.8. The van der Waals surface area contributed by atoms with Crippen LogP contribution in [0.4, 0.5) is 0 Å². The van der Waals surface area contributed by atoms with Gasteiger partial charge in [0.05, 0.1) is 17.2 Å². The highest BCUT2D eigenvalue weighted by molar-refractivity contribution is 6.46. The van der Waals surface area contributed by atoms with Crippen molar-refractivity contribution in [1.29, 1.82) is 0 Å². The van der Waals surface area contributed by atoms with E-state index in [2.05, 4.69) is 4.74 Å². The van der Waals surface area contributed by atoms with E-state index in [1.54, 1.807) is 6.92 Å². The Morgan fingerprint density at radius 3 is 2.79 bits per heavy atom. The zero-order chi connectivity index (χ0) is 14.0. The number of benzene rings is 1.